The third-order valence-corrected chi connectivity index (χ3v) is 5.03. The number of aryl methyl sites for hydroxylation is 2. The molecule has 1 fully saturated rings. The summed E-state index contributed by atoms with van der Waals surface area (Å²) in [6, 6.07) is 6.56. The predicted octanol–water partition coefficient (Wildman–Crippen LogP) is 2.48. The zero-order valence-electron chi connectivity index (χ0n) is 15.7. The minimum atomic E-state index is -0.402. The number of piperazine rings is 1. The number of rotatable bonds is 4. The standard InChI is InChI=1S/C19H21Cl2N5O2/c1-12-9-17(24-13(2)23-12)25-5-7-26(8-6-25)18(27)11-22-19(28)15-4-3-14(20)10-16(15)21/h3-4,9-10H,5-8,11H2,1-2H3,(H,22,28). The molecular formula is C19H21Cl2N5O2. The second-order valence-corrected chi connectivity index (χ2v) is 7.43. The Morgan fingerprint density at radius 3 is 2.43 bits per heavy atom. The number of amides is 2. The third-order valence-electron chi connectivity index (χ3n) is 4.48. The van der Waals surface area contributed by atoms with Gasteiger partial charge in [0.2, 0.25) is 5.91 Å². The summed E-state index contributed by atoms with van der Waals surface area (Å²) in [7, 11) is 0. The molecule has 7 nitrogen and oxygen atoms in total. The van der Waals surface area contributed by atoms with Gasteiger partial charge in [-0.15, -0.1) is 0 Å². The molecule has 1 aliphatic heterocycles. The molecule has 2 amide bonds. The van der Waals surface area contributed by atoms with Crippen molar-refractivity contribution in [3.8, 4) is 0 Å². The summed E-state index contributed by atoms with van der Waals surface area (Å²) in [6.07, 6.45) is 0. The van der Waals surface area contributed by atoms with E-state index in [2.05, 4.69) is 20.2 Å². The first-order valence-corrected chi connectivity index (χ1v) is 9.67. The molecule has 1 N–H and O–H groups in total. The highest BCUT2D eigenvalue weighted by Gasteiger charge is 2.23. The van der Waals surface area contributed by atoms with Crippen LogP contribution in [0.25, 0.3) is 0 Å². The summed E-state index contributed by atoms with van der Waals surface area (Å²) in [5, 5.41) is 3.32. The number of hydrogen-bond acceptors (Lipinski definition) is 5. The number of halogens is 2. The second kappa shape index (κ2) is 8.75. The molecule has 3 rings (SSSR count). The van der Waals surface area contributed by atoms with E-state index in [0.717, 1.165) is 17.3 Å². The van der Waals surface area contributed by atoms with E-state index >= 15 is 0 Å². The van der Waals surface area contributed by atoms with Crippen molar-refractivity contribution in [1.82, 2.24) is 20.2 Å². The van der Waals surface area contributed by atoms with Crippen LogP contribution in [0.4, 0.5) is 5.82 Å². The van der Waals surface area contributed by atoms with Crippen molar-refractivity contribution in [3.63, 3.8) is 0 Å². The van der Waals surface area contributed by atoms with E-state index in [-0.39, 0.29) is 23.0 Å². The monoisotopic (exact) mass is 421 g/mol. The maximum Gasteiger partial charge on any atom is 0.253 e. The highest BCUT2D eigenvalue weighted by atomic mass is 35.5. The van der Waals surface area contributed by atoms with Gasteiger partial charge in [0.1, 0.15) is 11.6 Å². The largest absolute Gasteiger partial charge is 0.353 e. The third kappa shape index (κ3) is 4.91. The SMILES string of the molecule is Cc1cc(N2CCN(C(=O)CNC(=O)c3ccc(Cl)cc3Cl)CC2)nc(C)n1. The minimum absolute atomic E-state index is 0.0798. The Bertz CT molecular complexity index is 878. The lowest BCUT2D eigenvalue weighted by molar-refractivity contribution is -0.130. The van der Waals surface area contributed by atoms with Crippen LogP contribution in [-0.2, 0) is 4.79 Å². The quantitative estimate of drug-likeness (QED) is 0.819. The predicted molar refractivity (Wildman–Crippen MR) is 109 cm³/mol. The van der Waals surface area contributed by atoms with Gasteiger partial charge in [0, 0.05) is 43.0 Å². The number of carbonyl (C=O) groups is 2. The van der Waals surface area contributed by atoms with Crippen LogP contribution in [0.5, 0.6) is 0 Å². The van der Waals surface area contributed by atoms with E-state index < -0.39 is 5.91 Å². The first-order chi connectivity index (χ1) is 13.3. The highest BCUT2D eigenvalue weighted by Crippen LogP contribution is 2.21. The molecule has 0 atom stereocenters. The average molecular weight is 422 g/mol. The van der Waals surface area contributed by atoms with E-state index in [1.54, 1.807) is 11.0 Å². The summed E-state index contributed by atoms with van der Waals surface area (Å²) in [5.74, 6) is 1.08. The van der Waals surface area contributed by atoms with Crippen LogP contribution in [0, 0.1) is 13.8 Å². The molecule has 1 aromatic carbocycles. The molecule has 148 valence electrons. The fourth-order valence-electron chi connectivity index (χ4n) is 3.08. The summed E-state index contributed by atoms with van der Waals surface area (Å²) < 4.78 is 0. The molecule has 1 aliphatic rings. The summed E-state index contributed by atoms with van der Waals surface area (Å²) in [6.45, 7) is 6.22. The van der Waals surface area contributed by atoms with Crippen LogP contribution in [0.2, 0.25) is 10.0 Å². The van der Waals surface area contributed by atoms with Crippen LogP contribution in [0.1, 0.15) is 21.9 Å². The van der Waals surface area contributed by atoms with Crippen LogP contribution >= 0.6 is 23.2 Å². The molecule has 2 heterocycles. The van der Waals surface area contributed by atoms with Crippen molar-refractivity contribution in [2.45, 2.75) is 13.8 Å². The molecule has 0 aliphatic carbocycles. The number of anilines is 1. The summed E-state index contributed by atoms with van der Waals surface area (Å²) >= 11 is 11.9. The Morgan fingerprint density at radius 2 is 1.79 bits per heavy atom. The average Bonchev–Trinajstić information content (AvgIpc) is 2.65. The van der Waals surface area contributed by atoms with Gasteiger partial charge in [-0.25, -0.2) is 9.97 Å². The number of hydrogen-bond donors (Lipinski definition) is 1. The number of benzene rings is 1. The van der Waals surface area contributed by atoms with Gasteiger partial charge < -0.3 is 15.1 Å². The van der Waals surface area contributed by atoms with Gasteiger partial charge in [0.05, 0.1) is 17.1 Å². The molecule has 0 unspecified atom stereocenters. The van der Waals surface area contributed by atoms with E-state index in [1.165, 1.54) is 12.1 Å². The zero-order chi connectivity index (χ0) is 20.3. The van der Waals surface area contributed by atoms with Crippen LogP contribution < -0.4 is 10.2 Å². The van der Waals surface area contributed by atoms with E-state index in [0.29, 0.717) is 31.2 Å². The van der Waals surface area contributed by atoms with E-state index in [1.807, 2.05) is 19.9 Å². The smallest absolute Gasteiger partial charge is 0.253 e. The van der Waals surface area contributed by atoms with Gasteiger partial charge in [-0.1, -0.05) is 23.2 Å². The first kappa shape index (κ1) is 20.4. The van der Waals surface area contributed by atoms with Gasteiger partial charge in [-0.05, 0) is 32.0 Å². The molecule has 1 saturated heterocycles. The fourth-order valence-corrected chi connectivity index (χ4v) is 3.58. The Balaban J connectivity index is 1.52. The first-order valence-electron chi connectivity index (χ1n) is 8.92. The van der Waals surface area contributed by atoms with Crippen molar-refractivity contribution in [2.24, 2.45) is 0 Å². The van der Waals surface area contributed by atoms with E-state index in [4.69, 9.17) is 23.2 Å². The van der Waals surface area contributed by atoms with Crippen molar-refractivity contribution in [1.29, 1.82) is 0 Å². The molecule has 2 aromatic rings. The molecule has 0 radical (unpaired) electrons. The maximum absolute atomic E-state index is 12.4. The normalized spacial score (nSPS) is 14.1. The molecular weight excluding hydrogens is 401 g/mol. The molecule has 28 heavy (non-hydrogen) atoms. The molecule has 0 bridgehead atoms. The second-order valence-electron chi connectivity index (χ2n) is 6.59. The Morgan fingerprint density at radius 1 is 1.07 bits per heavy atom. The lowest BCUT2D eigenvalue weighted by atomic mass is 10.2. The summed E-state index contributed by atoms with van der Waals surface area (Å²) in [5.41, 5.74) is 1.21. The maximum atomic E-state index is 12.4. The van der Waals surface area contributed by atoms with Gasteiger partial charge in [0.15, 0.2) is 0 Å². The molecule has 1 aromatic heterocycles. The fraction of sp³-hybridized carbons (Fsp3) is 0.368. The highest BCUT2D eigenvalue weighted by molar-refractivity contribution is 6.36. The van der Waals surface area contributed by atoms with Crippen LogP contribution in [0.15, 0.2) is 24.3 Å². The van der Waals surface area contributed by atoms with Gasteiger partial charge in [0.25, 0.3) is 5.91 Å². The number of aromatic nitrogens is 2. The number of nitrogens with zero attached hydrogens (tertiary/aromatic N) is 4. The topological polar surface area (TPSA) is 78.4 Å². The number of nitrogens with one attached hydrogen (secondary N) is 1. The molecule has 0 saturated carbocycles. The van der Waals surface area contributed by atoms with Gasteiger partial charge >= 0.3 is 0 Å². The van der Waals surface area contributed by atoms with Gasteiger partial charge in [-0.3, -0.25) is 9.59 Å². The van der Waals surface area contributed by atoms with Crippen LogP contribution in [0.3, 0.4) is 0 Å². The van der Waals surface area contributed by atoms with Crippen molar-refractivity contribution in [3.05, 3.63) is 51.4 Å². The Labute approximate surface area is 173 Å². The summed E-state index contributed by atoms with van der Waals surface area (Å²) in [4.78, 5) is 37.3. The zero-order valence-corrected chi connectivity index (χ0v) is 17.2. The van der Waals surface area contributed by atoms with Crippen molar-refractivity contribution in [2.75, 3.05) is 37.6 Å². The molecule has 0 spiro atoms. The van der Waals surface area contributed by atoms with Crippen LogP contribution in [-0.4, -0.2) is 59.4 Å². The lowest BCUT2D eigenvalue weighted by Crippen LogP contribution is -2.51. The minimum Gasteiger partial charge on any atom is -0.353 e. The van der Waals surface area contributed by atoms with Crippen molar-refractivity contribution >= 4 is 40.8 Å². The van der Waals surface area contributed by atoms with Gasteiger partial charge in [-0.2, -0.15) is 0 Å². The Kier molecular flexibility index (Phi) is 6.36. The Hall–Kier alpha value is -2.38. The van der Waals surface area contributed by atoms with E-state index in [9.17, 15) is 9.59 Å². The number of carbonyl (C=O) groups excluding carboxylic acids is 2. The lowest BCUT2D eigenvalue weighted by Gasteiger charge is -2.35. The molecule has 9 heteroatoms. The van der Waals surface area contributed by atoms with Crippen molar-refractivity contribution < 1.29 is 9.59 Å².